The number of carbonyl (C=O) groups is 1. The normalized spacial score (nSPS) is 10.7. The van der Waals surface area contributed by atoms with Gasteiger partial charge in [0.15, 0.2) is 0 Å². The minimum absolute atomic E-state index is 0.262. The summed E-state index contributed by atoms with van der Waals surface area (Å²) in [5.41, 5.74) is 5.55. The van der Waals surface area contributed by atoms with E-state index in [4.69, 9.17) is 0 Å². The Morgan fingerprint density at radius 2 is 1.85 bits per heavy atom. The van der Waals surface area contributed by atoms with E-state index in [1.807, 2.05) is 61.5 Å². The summed E-state index contributed by atoms with van der Waals surface area (Å²) in [4.78, 5) is 12.8. The van der Waals surface area contributed by atoms with Gasteiger partial charge >= 0.3 is 0 Å². The molecule has 0 saturated heterocycles. The van der Waals surface area contributed by atoms with Crippen LogP contribution in [0, 0.1) is 6.92 Å². The fourth-order valence-corrected chi connectivity index (χ4v) is 3.12. The first-order valence-electron chi connectivity index (χ1n) is 8.01. The lowest BCUT2D eigenvalue weighted by Gasteiger charge is -2.05. The van der Waals surface area contributed by atoms with E-state index in [0.29, 0.717) is 16.4 Å². The molecule has 0 unspecified atom stereocenters. The van der Waals surface area contributed by atoms with E-state index in [1.54, 1.807) is 16.4 Å². The van der Waals surface area contributed by atoms with Crippen LogP contribution in [0.4, 0.5) is 5.13 Å². The van der Waals surface area contributed by atoms with Crippen molar-refractivity contribution in [2.75, 3.05) is 5.32 Å². The van der Waals surface area contributed by atoms with Crippen molar-refractivity contribution in [2.45, 2.75) is 6.92 Å². The van der Waals surface area contributed by atoms with Gasteiger partial charge in [-0.3, -0.25) is 10.1 Å². The van der Waals surface area contributed by atoms with Gasteiger partial charge in [-0.1, -0.05) is 53.8 Å². The Morgan fingerprint density at radius 3 is 2.58 bits per heavy atom. The molecule has 7 heteroatoms. The summed E-state index contributed by atoms with van der Waals surface area (Å²) in [6, 6.07) is 17.6. The number of hydrogen-bond donors (Lipinski definition) is 1. The lowest BCUT2D eigenvalue weighted by Crippen LogP contribution is -2.12. The Balaban J connectivity index is 1.81. The maximum absolute atomic E-state index is 12.8. The molecule has 0 fully saturated rings. The van der Waals surface area contributed by atoms with E-state index >= 15 is 0 Å². The van der Waals surface area contributed by atoms with Gasteiger partial charge in [-0.05, 0) is 24.6 Å². The zero-order valence-electron chi connectivity index (χ0n) is 14.0. The van der Waals surface area contributed by atoms with Crippen molar-refractivity contribution < 1.29 is 4.79 Å². The summed E-state index contributed by atoms with van der Waals surface area (Å²) >= 11 is 1.27. The number of nitrogens with zero attached hydrogens (tertiary/aromatic N) is 4. The average Bonchev–Trinajstić information content (AvgIpc) is 3.32. The number of hydrogen-bond acceptors (Lipinski definition) is 5. The number of para-hydroxylation sites is 1. The molecule has 0 aliphatic carbocycles. The quantitative estimate of drug-likeness (QED) is 0.597. The fraction of sp³-hybridized carbons (Fsp3) is 0.0526. The van der Waals surface area contributed by atoms with Crippen molar-refractivity contribution in [2.24, 2.45) is 0 Å². The molecule has 1 amide bonds. The standard InChI is InChI=1S/C19H15N5OS/c1-13-7-5-6-10-15(13)17-16(18(25)21-19-22-20-12-26-19)11-24(23-17)14-8-3-2-4-9-14/h2-12H,1H3,(H,21,22,25). The van der Waals surface area contributed by atoms with Crippen LogP contribution < -0.4 is 5.32 Å². The number of amides is 1. The van der Waals surface area contributed by atoms with Crippen molar-refractivity contribution in [3.63, 3.8) is 0 Å². The second-order valence-corrected chi connectivity index (χ2v) is 6.52. The first-order chi connectivity index (χ1) is 12.7. The molecule has 0 aliphatic heterocycles. The first kappa shape index (κ1) is 16.2. The number of carbonyl (C=O) groups excluding carboxylic acids is 1. The van der Waals surface area contributed by atoms with Gasteiger partial charge in [-0.15, -0.1) is 10.2 Å². The predicted octanol–water partition coefficient (Wildman–Crippen LogP) is 3.95. The van der Waals surface area contributed by atoms with Crippen LogP contribution in [0.25, 0.3) is 16.9 Å². The van der Waals surface area contributed by atoms with E-state index in [-0.39, 0.29) is 5.91 Å². The highest BCUT2D eigenvalue weighted by atomic mass is 32.1. The molecular weight excluding hydrogens is 346 g/mol. The summed E-state index contributed by atoms with van der Waals surface area (Å²) in [7, 11) is 0. The van der Waals surface area contributed by atoms with E-state index in [1.165, 1.54) is 11.3 Å². The lowest BCUT2D eigenvalue weighted by atomic mass is 10.0. The molecule has 6 nitrogen and oxygen atoms in total. The molecule has 4 rings (SSSR count). The molecule has 0 radical (unpaired) electrons. The van der Waals surface area contributed by atoms with Crippen LogP contribution in [0.1, 0.15) is 15.9 Å². The van der Waals surface area contributed by atoms with E-state index in [2.05, 4.69) is 20.6 Å². The predicted molar refractivity (Wildman–Crippen MR) is 102 cm³/mol. The molecule has 0 atom stereocenters. The summed E-state index contributed by atoms with van der Waals surface area (Å²) in [5, 5.41) is 15.6. The average molecular weight is 361 g/mol. The van der Waals surface area contributed by atoms with Gasteiger partial charge in [-0.2, -0.15) is 5.10 Å². The number of aryl methyl sites for hydroxylation is 1. The maximum atomic E-state index is 12.8. The Kier molecular flexibility index (Phi) is 4.28. The Bertz CT molecular complexity index is 1040. The van der Waals surface area contributed by atoms with Crippen LogP contribution in [0.3, 0.4) is 0 Å². The molecule has 0 bridgehead atoms. The lowest BCUT2D eigenvalue weighted by molar-refractivity contribution is 0.102. The molecule has 4 aromatic rings. The monoisotopic (exact) mass is 361 g/mol. The van der Waals surface area contributed by atoms with Crippen molar-refractivity contribution in [3.05, 3.63) is 77.4 Å². The Morgan fingerprint density at radius 1 is 1.08 bits per heavy atom. The number of aromatic nitrogens is 4. The molecule has 1 N–H and O–H groups in total. The van der Waals surface area contributed by atoms with Gasteiger partial charge in [0.05, 0.1) is 11.3 Å². The highest BCUT2D eigenvalue weighted by molar-refractivity contribution is 7.13. The summed E-state index contributed by atoms with van der Waals surface area (Å²) in [5.74, 6) is -0.262. The molecule has 128 valence electrons. The number of nitrogens with one attached hydrogen (secondary N) is 1. The van der Waals surface area contributed by atoms with Gasteiger partial charge in [0.25, 0.3) is 5.91 Å². The third-order valence-electron chi connectivity index (χ3n) is 3.96. The van der Waals surface area contributed by atoms with Gasteiger partial charge in [0.2, 0.25) is 5.13 Å². The van der Waals surface area contributed by atoms with Gasteiger partial charge in [0, 0.05) is 11.8 Å². The number of anilines is 1. The van der Waals surface area contributed by atoms with Crippen molar-refractivity contribution in [3.8, 4) is 16.9 Å². The number of rotatable bonds is 4. The maximum Gasteiger partial charge on any atom is 0.261 e. The molecule has 26 heavy (non-hydrogen) atoms. The summed E-state index contributed by atoms with van der Waals surface area (Å²) < 4.78 is 1.72. The van der Waals surface area contributed by atoms with E-state index in [9.17, 15) is 4.79 Å². The number of benzene rings is 2. The topological polar surface area (TPSA) is 72.7 Å². The van der Waals surface area contributed by atoms with Crippen LogP contribution in [-0.4, -0.2) is 25.9 Å². The summed E-state index contributed by atoms with van der Waals surface area (Å²) in [6.07, 6.45) is 1.74. The van der Waals surface area contributed by atoms with Crippen LogP contribution in [-0.2, 0) is 0 Å². The Hall–Kier alpha value is -3.32. The van der Waals surface area contributed by atoms with Crippen LogP contribution in [0.15, 0.2) is 66.3 Å². The highest BCUT2D eigenvalue weighted by Gasteiger charge is 2.20. The van der Waals surface area contributed by atoms with E-state index in [0.717, 1.165) is 16.8 Å². The summed E-state index contributed by atoms with van der Waals surface area (Å²) in [6.45, 7) is 2.00. The molecule has 2 aromatic carbocycles. The van der Waals surface area contributed by atoms with Crippen LogP contribution in [0.5, 0.6) is 0 Å². The highest BCUT2D eigenvalue weighted by Crippen LogP contribution is 2.27. The second-order valence-electron chi connectivity index (χ2n) is 5.68. The third kappa shape index (κ3) is 3.12. The van der Waals surface area contributed by atoms with Gasteiger partial charge < -0.3 is 0 Å². The minimum atomic E-state index is -0.262. The zero-order chi connectivity index (χ0) is 17.9. The van der Waals surface area contributed by atoms with Crippen molar-refractivity contribution in [1.82, 2.24) is 20.0 Å². The van der Waals surface area contributed by atoms with Gasteiger partial charge in [-0.25, -0.2) is 4.68 Å². The molecule has 0 aliphatic rings. The first-order valence-corrected chi connectivity index (χ1v) is 8.89. The molecule has 2 heterocycles. The minimum Gasteiger partial charge on any atom is -0.296 e. The zero-order valence-corrected chi connectivity index (χ0v) is 14.8. The molecule has 0 spiro atoms. The SMILES string of the molecule is Cc1ccccc1-c1nn(-c2ccccc2)cc1C(=O)Nc1nncs1. The second kappa shape index (κ2) is 6.89. The molecular formula is C19H15N5OS. The Labute approximate surface area is 154 Å². The fourth-order valence-electron chi connectivity index (χ4n) is 2.68. The van der Waals surface area contributed by atoms with Gasteiger partial charge in [0.1, 0.15) is 11.2 Å². The largest absolute Gasteiger partial charge is 0.296 e. The van der Waals surface area contributed by atoms with Crippen molar-refractivity contribution in [1.29, 1.82) is 0 Å². The van der Waals surface area contributed by atoms with Crippen LogP contribution in [0.2, 0.25) is 0 Å². The van der Waals surface area contributed by atoms with E-state index < -0.39 is 0 Å². The molecule has 2 aromatic heterocycles. The molecule has 0 saturated carbocycles. The third-order valence-corrected chi connectivity index (χ3v) is 4.57. The van der Waals surface area contributed by atoms with Crippen LogP contribution >= 0.6 is 11.3 Å². The van der Waals surface area contributed by atoms with Crippen molar-refractivity contribution >= 4 is 22.4 Å². The smallest absolute Gasteiger partial charge is 0.261 e.